The van der Waals surface area contributed by atoms with E-state index >= 15 is 0 Å². The predicted octanol–water partition coefficient (Wildman–Crippen LogP) is 2.31. The van der Waals surface area contributed by atoms with Crippen molar-refractivity contribution in [1.82, 2.24) is 19.9 Å². The molecule has 1 aliphatic carbocycles. The number of nitriles is 1. The Morgan fingerprint density at radius 1 is 1.24 bits per heavy atom. The summed E-state index contributed by atoms with van der Waals surface area (Å²) < 4.78 is 5.53. The minimum atomic E-state index is -0.134. The van der Waals surface area contributed by atoms with E-state index in [4.69, 9.17) is 15.7 Å². The fraction of sp³-hybridized carbons (Fsp3) is 0.286. The van der Waals surface area contributed by atoms with Gasteiger partial charge in [-0.2, -0.15) is 5.26 Å². The number of rotatable bonds is 4. The van der Waals surface area contributed by atoms with E-state index in [1.165, 1.54) is 6.20 Å². The Labute approximate surface area is 167 Å². The lowest BCUT2D eigenvalue weighted by atomic mass is 10.1. The van der Waals surface area contributed by atoms with Crippen LogP contribution >= 0.6 is 0 Å². The molecule has 1 fully saturated rings. The second-order valence-electron chi connectivity index (χ2n) is 7.35. The first-order valence-electron chi connectivity index (χ1n) is 9.45. The van der Waals surface area contributed by atoms with Crippen LogP contribution < -0.4 is 5.73 Å². The van der Waals surface area contributed by atoms with Crippen LogP contribution in [0.3, 0.4) is 0 Å². The largest absolute Gasteiger partial charge is 0.383 e. The third-order valence-electron chi connectivity index (χ3n) is 5.37. The van der Waals surface area contributed by atoms with E-state index in [2.05, 4.69) is 21.0 Å². The van der Waals surface area contributed by atoms with Crippen molar-refractivity contribution >= 4 is 22.6 Å². The van der Waals surface area contributed by atoms with Crippen molar-refractivity contribution in [2.45, 2.75) is 38.6 Å². The fourth-order valence-electron chi connectivity index (χ4n) is 3.65. The first-order valence-corrected chi connectivity index (χ1v) is 9.45. The average Bonchev–Trinajstić information content (AvgIpc) is 3.46. The zero-order chi connectivity index (χ0) is 20.0. The summed E-state index contributed by atoms with van der Waals surface area (Å²) in [5.74, 6) is 0.322. The van der Waals surface area contributed by atoms with E-state index in [0.717, 1.165) is 35.0 Å². The Kier molecular flexibility index (Phi) is 4.11. The van der Waals surface area contributed by atoms with Gasteiger partial charge in [0.2, 0.25) is 0 Å². The Hall–Kier alpha value is -3.57. The van der Waals surface area contributed by atoms with Gasteiger partial charge in [-0.05, 0) is 36.6 Å². The normalized spacial score (nSPS) is 15.1. The second-order valence-corrected chi connectivity index (χ2v) is 7.35. The zero-order valence-electron chi connectivity index (χ0n) is 15.6. The molecule has 29 heavy (non-hydrogen) atoms. The predicted molar refractivity (Wildman–Crippen MR) is 104 cm³/mol. The maximum atomic E-state index is 13.3. The monoisotopic (exact) mass is 386 g/mol. The molecule has 3 aromatic rings. The SMILES string of the molecule is N#Cc1ccc(CN(C(=O)c2cc3c4c(c(N)nc3cn2)COC4)C2CC2)nc1. The molecule has 1 aliphatic heterocycles. The van der Waals surface area contributed by atoms with Gasteiger partial charge in [0.15, 0.2) is 0 Å². The molecule has 2 aliphatic rings. The molecule has 5 rings (SSSR count). The molecule has 144 valence electrons. The maximum absolute atomic E-state index is 13.3. The summed E-state index contributed by atoms with van der Waals surface area (Å²) in [7, 11) is 0. The van der Waals surface area contributed by atoms with Crippen molar-refractivity contribution in [3.8, 4) is 6.07 Å². The van der Waals surface area contributed by atoms with Gasteiger partial charge in [-0.15, -0.1) is 0 Å². The van der Waals surface area contributed by atoms with Crippen molar-refractivity contribution in [3.63, 3.8) is 0 Å². The summed E-state index contributed by atoms with van der Waals surface area (Å²) in [5.41, 5.74) is 10.2. The average molecular weight is 386 g/mol. The lowest BCUT2D eigenvalue weighted by molar-refractivity contribution is 0.0722. The molecule has 3 aromatic heterocycles. The molecular weight excluding hydrogens is 368 g/mol. The van der Waals surface area contributed by atoms with E-state index in [0.29, 0.717) is 42.4 Å². The molecule has 0 atom stereocenters. The summed E-state index contributed by atoms with van der Waals surface area (Å²) in [4.78, 5) is 28.1. The summed E-state index contributed by atoms with van der Waals surface area (Å²) in [6.45, 7) is 1.28. The van der Waals surface area contributed by atoms with Crippen molar-refractivity contribution in [2.75, 3.05) is 5.73 Å². The highest BCUT2D eigenvalue weighted by molar-refractivity contribution is 5.97. The Morgan fingerprint density at radius 2 is 2.07 bits per heavy atom. The van der Waals surface area contributed by atoms with Gasteiger partial charge in [-0.25, -0.2) is 9.97 Å². The third kappa shape index (κ3) is 3.15. The quantitative estimate of drug-likeness (QED) is 0.731. The van der Waals surface area contributed by atoms with Crippen LogP contribution in [0, 0.1) is 11.3 Å². The van der Waals surface area contributed by atoms with Gasteiger partial charge in [-0.1, -0.05) is 0 Å². The maximum Gasteiger partial charge on any atom is 0.273 e. The van der Waals surface area contributed by atoms with E-state index in [-0.39, 0.29) is 11.9 Å². The van der Waals surface area contributed by atoms with Crippen molar-refractivity contribution in [3.05, 3.63) is 58.7 Å². The van der Waals surface area contributed by atoms with Gasteiger partial charge < -0.3 is 15.4 Å². The third-order valence-corrected chi connectivity index (χ3v) is 5.37. The number of ether oxygens (including phenoxy) is 1. The molecule has 2 N–H and O–H groups in total. The van der Waals surface area contributed by atoms with Gasteiger partial charge in [0.05, 0.1) is 42.7 Å². The highest BCUT2D eigenvalue weighted by Crippen LogP contribution is 2.33. The highest BCUT2D eigenvalue weighted by Gasteiger charge is 2.34. The zero-order valence-corrected chi connectivity index (χ0v) is 15.6. The van der Waals surface area contributed by atoms with E-state index < -0.39 is 0 Å². The van der Waals surface area contributed by atoms with E-state index in [9.17, 15) is 4.79 Å². The van der Waals surface area contributed by atoms with E-state index in [1.54, 1.807) is 24.4 Å². The molecule has 1 amide bonds. The molecule has 0 bridgehead atoms. The minimum Gasteiger partial charge on any atom is -0.383 e. The molecule has 0 unspecified atom stereocenters. The number of aromatic nitrogens is 3. The molecule has 0 aromatic carbocycles. The number of amides is 1. The van der Waals surface area contributed by atoms with Crippen LogP contribution in [0.25, 0.3) is 10.9 Å². The molecule has 1 saturated carbocycles. The number of anilines is 1. The first-order chi connectivity index (χ1) is 14.1. The Balaban J connectivity index is 1.48. The van der Waals surface area contributed by atoms with Crippen LogP contribution in [-0.2, 0) is 24.5 Å². The number of nitrogens with zero attached hydrogens (tertiary/aromatic N) is 5. The van der Waals surface area contributed by atoms with Crippen LogP contribution in [-0.4, -0.2) is 31.8 Å². The molecule has 0 saturated heterocycles. The molecular formula is C21H18N6O2. The molecule has 0 radical (unpaired) electrons. The number of carbonyl (C=O) groups excluding carboxylic acids is 1. The van der Waals surface area contributed by atoms with Gasteiger partial charge in [0.1, 0.15) is 17.6 Å². The smallest absolute Gasteiger partial charge is 0.273 e. The number of nitrogens with two attached hydrogens (primary N) is 1. The summed E-state index contributed by atoms with van der Waals surface area (Å²) in [5, 5.41) is 9.79. The topological polar surface area (TPSA) is 118 Å². The number of hydrogen-bond acceptors (Lipinski definition) is 7. The van der Waals surface area contributed by atoms with Crippen molar-refractivity contribution in [1.29, 1.82) is 5.26 Å². The highest BCUT2D eigenvalue weighted by atomic mass is 16.5. The Bertz CT molecular complexity index is 1160. The van der Waals surface area contributed by atoms with Crippen LogP contribution in [0.4, 0.5) is 5.82 Å². The molecule has 8 nitrogen and oxygen atoms in total. The van der Waals surface area contributed by atoms with Crippen LogP contribution in [0.1, 0.15) is 45.7 Å². The number of hydrogen-bond donors (Lipinski definition) is 1. The number of fused-ring (bicyclic) bond motifs is 3. The molecule has 8 heteroatoms. The Morgan fingerprint density at radius 3 is 2.79 bits per heavy atom. The van der Waals surface area contributed by atoms with Gasteiger partial charge in [-0.3, -0.25) is 9.78 Å². The molecule has 0 spiro atoms. The van der Waals surface area contributed by atoms with Gasteiger partial charge in [0.25, 0.3) is 5.91 Å². The van der Waals surface area contributed by atoms with Gasteiger partial charge >= 0.3 is 0 Å². The summed E-state index contributed by atoms with van der Waals surface area (Å²) >= 11 is 0. The summed E-state index contributed by atoms with van der Waals surface area (Å²) in [6.07, 6.45) is 5.06. The number of carbonyl (C=O) groups is 1. The number of pyridine rings is 3. The van der Waals surface area contributed by atoms with Crippen LogP contribution in [0.15, 0.2) is 30.6 Å². The van der Waals surface area contributed by atoms with Crippen LogP contribution in [0.5, 0.6) is 0 Å². The second kappa shape index (κ2) is 6.79. The first kappa shape index (κ1) is 17.5. The van der Waals surface area contributed by atoms with Gasteiger partial charge in [0, 0.05) is 23.2 Å². The van der Waals surface area contributed by atoms with Crippen LogP contribution in [0.2, 0.25) is 0 Å². The van der Waals surface area contributed by atoms with Crippen molar-refractivity contribution < 1.29 is 9.53 Å². The lowest BCUT2D eigenvalue weighted by Gasteiger charge is -2.22. The molecule has 4 heterocycles. The standard InChI is InChI=1S/C21H18N6O2/c22-6-12-1-2-13(24-7-12)9-27(14-3-4-14)21(28)18-5-15-16-10-29-11-17(16)20(23)26-19(15)8-25-18/h1-2,5,7-8,14H,3-4,9-11H2,(H2,23,26). The van der Waals surface area contributed by atoms with E-state index in [1.807, 2.05) is 4.90 Å². The lowest BCUT2D eigenvalue weighted by Crippen LogP contribution is -2.33. The fourth-order valence-corrected chi connectivity index (χ4v) is 3.65. The minimum absolute atomic E-state index is 0.134. The van der Waals surface area contributed by atoms with Crippen molar-refractivity contribution in [2.24, 2.45) is 0 Å². The number of nitrogen functional groups attached to an aromatic ring is 1. The summed E-state index contributed by atoms with van der Waals surface area (Å²) in [6, 6.07) is 7.53.